The van der Waals surface area contributed by atoms with E-state index >= 15 is 0 Å². The van der Waals surface area contributed by atoms with Crippen molar-refractivity contribution in [1.82, 2.24) is 0 Å². The monoisotopic (exact) mass is 217 g/mol. The fourth-order valence-electron chi connectivity index (χ4n) is 1.49. The van der Waals surface area contributed by atoms with E-state index in [1.807, 2.05) is 36.4 Å². The SMILES string of the molecule is CC(O)(CC#N)c1cc2ccccc2s1. The maximum atomic E-state index is 10.1. The molecule has 0 aliphatic heterocycles. The minimum Gasteiger partial charge on any atom is -0.384 e. The highest BCUT2D eigenvalue weighted by atomic mass is 32.1. The average Bonchev–Trinajstić information content (AvgIpc) is 2.61. The number of hydrogen-bond donors (Lipinski definition) is 1. The molecular weight excluding hydrogens is 206 g/mol. The maximum absolute atomic E-state index is 10.1. The third kappa shape index (κ3) is 1.87. The fraction of sp³-hybridized carbons (Fsp3) is 0.250. The van der Waals surface area contributed by atoms with E-state index in [1.54, 1.807) is 18.3 Å². The number of thiophene rings is 1. The normalized spacial score (nSPS) is 14.7. The Kier molecular flexibility index (Phi) is 2.47. The summed E-state index contributed by atoms with van der Waals surface area (Å²) in [5.41, 5.74) is -1.03. The highest BCUT2D eigenvalue weighted by Gasteiger charge is 2.24. The van der Waals surface area contributed by atoms with Gasteiger partial charge in [-0.1, -0.05) is 18.2 Å². The lowest BCUT2D eigenvalue weighted by Crippen LogP contribution is -2.18. The maximum Gasteiger partial charge on any atom is 0.109 e. The Morgan fingerprint density at radius 3 is 2.87 bits per heavy atom. The molecule has 1 atom stereocenters. The van der Waals surface area contributed by atoms with Crippen LogP contribution in [0.25, 0.3) is 10.1 Å². The number of fused-ring (bicyclic) bond motifs is 1. The second kappa shape index (κ2) is 3.65. The Labute approximate surface area is 92.4 Å². The van der Waals surface area contributed by atoms with Gasteiger partial charge in [0.15, 0.2) is 0 Å². The summed E-state index contributed by atoms with van der Waals surface area (Å²) in [4.78, 5) is 0.852. The second-order valence-electron chi connectivity index (χ2n) is 3.76. The van der Waals surface area contributed by atoms with Gasteiger partial charge >= 0.3 is 0 Å². The zero-order valence-electron chi connectivity index (χ0n) is 8.40. The summed E-state index contributed by atoms with van der Waals surface area (Å²) in [5.74, 6) is 0. The van der Waals surface area contributed by atoms with Crippen molar-refractivity contribution in [3.63, 3.8) is 0 Å². The van der Waals surface area contributed by atoms with Gasteiger partial charge in [0.05, 0.1) is 12.5 Å². The van der Waals surface area contributed by atoms with E-state index in [4.69, 9.17) is 5.26 Å². The first-order valence-corrected chi connectivity index (χ1v) is 5.53. The Balaban J connectivity index is 2.50. The largest absolute Gasteiger partial charge is 0.384 e. The van der Waals surface area contributed by atoms with Gasteiger partial charge in [-0.15, -0.1) is 11.3 Å². The van der Waals surface area contributed by atoms with Gasteiger partial charge in [0.2, 0.25) is 0 Å². The molecule has 1 unspecified atom stereocenters. The predicted octanol–water partition coefficient (Wildman–Crippen LogP) is 3.02. The van der Waals surface area contributed by atoms with Crippen molar-refractivity contribution < 1.29 is 5.11 Å². The standard InChI is InChI=1S/C12H11NOS/c1-12(14,6-7-13)11-8-9-4-2-3-5-10(9)15-11/h2-5,8,14H,6H2,1H3. The van der Waals surface area contributed by atoms with Gasteiger partial charge < -0.3 is 5.11 Å². The number of hydrogen-bond acceptors (Lipinski definition) is 3. The molecular formula is C12H11NOS. The third-order valence-corrected chi connectivity index (χ3v) is 3.75. The summed E-state index contributed by atoms with van der Waals surface area (Å²) in [6, 6.07) is 11.9. The Bertz CT molecular complexity index is 489. The minimum absolute atomic E-state index is 0.125. The Morgan fingerprint density at radius 1 is 1.47 bits per heavy atom. The van der Waals surface area contributed by atoms with Crippen molar-refractivity contribution in [2.75, 3.05) is 0 Å². The molecule has 2 rings (SSSR count). The van der Waals surface area contributed by atoms with Crippen molar-refractivity contribution in [2.24, 2.45) is 0 Å². The predicted molar refractivity (Wildman–Crippen MR) is 61.6 cm³/mol. The summed E-state index contributed by atoms with van der Waals surface area (Å²) < 4.78 is 1.14. The highest BCUT2D eigenvalue weighted by Crippen LogP contribution is 2.34. The highest BCUT2D eigenvalue weighted by molar-refractivity contribution is 7.19. The Hall–Kier alpha value is -1.37. The molecule has 0 bridgehead atoms. The number of aliphatic hydroxyl groups is 1. The molecule has 2 aromatic rings. The van der Waals surface area contributed by atoms with Gasteiger partial charge in [0.25, 0.3) is 0 Å². The van der Waals surface area contributed by atoms with Crippen molar-refractivity contribution in [1.29, 1.82) is 5.26 Å². The van der Waals surface area contributed by atoms with Crippen molar-refractivity contribution >= 4 is 21.4 Å². The number of benzene rings is 1. The quantitative estimate of drug-likeness (QED) is 0.840. The summed E-state index contributed by atoms with van der Waals surface area (Å²) in [7, 11) is 0. The van der Waals surface area contributed by atoms with Crippen LogP contribution in [0.5, 0.6) is 0 Å². The first-order valence-electron chi connectivity index (χ1n) is 4.72. The van der Waals surface area contributed by atoms with Crippen LogP contribution in [0.3, 0.4) is 0 Å². The molecule has 0 saturated carbocycles. The van der Waals surface area contributed by atoms with Crippen molar-refractivity contribution in [2.45, 2.75) is 18.9 Å². The van der Waals surface area contributed by atoms with E-state index in [0.717, 1.165) is 15.0 Å². The summed E-state index contributed by atoms with van der Waals surface area (Å²) in [6.45, 7) is 1.68. The molecule has 1 N–H and O–H groups in total. The van der Waals surface area contributed by atoms with Crippen LogP contribution in [0.4, 0.5) is 0 Å². The first-order chi connectivity index (χ1) is 7.13. The molecule has 2 nitrogen and oxygen atoms in total. The van der Waals surface area contributed by atoms with Crippen LogP contribution in [0.15, 0.2) is 30.3 Å². The first kappa shape index (κ1) is 10.2. The fourth-order valence-corrected chi connectivity index (χ4v) is 2.59. The lowest BCUT2D eigenvalue weighted by Gasteiger charge is -2.17. The molecule has 0 amide bonds. The molecule has 0 fully saturated rings. The lowest BCUT2D eigenvalue weighted by molar-refractivity contribution is 0.0664. The second-order valence-corrected chi connectivity index (χ2v) is 4.84. The smallest absolute Gasteiger partial charge is 0.109 e. The molecule has 0 radical (unpaired) electrons. The van der Waals surface area contributed by atoms with E-state index in [0.29, 0.717) is 0 Å². The van der Waals surface area contributed by atoms with Crippen LogP contribution in [-0.4, -0.2) is 5.11 Å². The molecule has 1 aromatic carbocycles. The lowest BCUT2D eigenvalue weighted by atomic mass is 10.0. The number of rotatable bonds is 2. The van der Waals surface area contributed by atoms with Crippen LogP contribution in [-0.2, 0) is 5.60 Å². The minimum atomic E-state index is -1.03. The van der Waals surface area contributed by atoms with Crippen LogP contribution < -0.4 is 0 Å². The van der Waals surface area contributed by atoms with Crippen LogP contribution >= 0.6 is 11.3 Å². The summed E-state index contributed by atoms with van der Waals surface area (Å²) in [6.07, 6.45) is 0.125. The van der Waals surface area contributed by atoms with Gasteiger partial charge in [0.1, 0.15) is 5.60 Å². The van der Waals surface area contributed by atoms with E-state index < -0.39 is 5.60 Å². The zero-order chi connectivity index (χ0) is 10.9. The van der Waals surface area contributed by atoms with Gasteiger partial charge in [-0.3, -0.25) is 0 Å². The van der Waals surface area contributed by atoms with Crippen LogP contribution in [0.2, 0.25) is 0 Å². The molecule has 0 saturated heterocycles. The number of nitriles is 1. The topological polar surface area (TPSA) is 44.0 Å². The van der Waals surface area contributed by atoms with E-state index in [1.165, 1.54) is 0 Å². The van der Waals surface area contributed by atoms with Gasteiger partial charge in [-0.05, 0) is 24.4 Å². The summed E-state index contributed by atoms with van der Waals surface area (Å²) >= 11 is 1.54. The molecule has 1 aromatic heterocycles. The van der Waals surface area contributed by atoms with Crippen molar-refractivity contribution in [3.8, 4) is 6.07 Å². The van der Waals surface area contributed by atoms with E-state index in [9.17, 15) is 5.11 Å². The van der Waals surface area contributed by atoms with E-state index in [-0.39, 0.29) is 6.42 Å². The van der Waals surface area contributed by atoms with Crippen LogP contribution in [0.1, 0.15) is 18.2 Å². The molecule has 0 aliphatic carbocycles. The van der Waals surface area contributed by atoms with E-state index in [2.05, 4.69) is 0 Å². The average molecular weight is 217 g/mol. The Morgan fingerprint density at radius 2 is 2.20 bits per heavy atom. The van der Waals surface area contributed by atoms with Gasteiger partial charge in [0, 0.05) is 9.58 Å². The zero-order valence-corrected chi connectivity index (χ0v) is 9.21. The van der Waals surface area contributed by atoms with Crippen molar-refractivity contribution in [3.05, 3.63) is 35.2 Å². The third-order valence-electron chi connectivity index (χ3n) is 2.38. The molecule has 15 heavy (non-hydrogen) atoms. The number of nitrogens with zero attached hydrogens (tertiary/aromatic N) is 1. The summed E-state index contributed by atoms with van der Waals surface area (Å²) in [5, 5.41) is 19.8. The molecule has 0 aliphatic rings. The molecule has 3 heteroatoms. The molecule has 76 valence electrons. The van der Waals surface area contributed by atoms with Gasteiger partial charge in [-0.2, -0.15) is 5.26 Å². The molecule has 1 heterocycles. The van der Waals surface area contributed by atoms with Crippen LogP contribution in [0, 0.1) is 11.3 Å². The molecule has 0 spiro atoms. The van der Waals surface area contributed by atoms with Gasteiger partial charge in [-0.25, -0.2) is 0 Å².